The summed E-state index contributed by atoms with van der Waals surface area (Å²) in [6.45, 7) is 7.85. The zero-order valence-corrected chi connectivity index (χ0v) is 17.1. The van der Waals surface area contributed by atoms with E-state index in [2.05, 4.69) is 38.2 Å². The summed E-state index contributed by atoms with van der Waals surface area (Å²) in [5, 5.41) is 20.5. The molecule has 2 heteroatoms. The third kappa shape index (κ3) is 15.9. The highest BCUT2D eigenvalue weighted by molar-refractivity contribution is 5.17. The van der Waals surface area contributed by atoms with Crippen molar-refractivity contribution in [2.45, 2.75) is 77.4 Å². The van der Waals surface area contributed by atoms with Gasteiger partial charge in [-0.3, -0.25) is 0 Å². The number of hydrogen-bond acceptors (Lipinski definition) is 2. The third-order valence-corrected chi connectivity index (χ3v) is 3.77. The summed E-state index contributed by atoms with van der Waals surface area (Å²) < 4.78 is 0. The zero-order chi connectivity index (χ0) is 19.7. The van der Waals surface area contributed by atoms with Crippen molar-refractivity contribution in [2.75, 3.05) is 0 Å². The Morgan fingerprint density at radius 3 is 1.65 bits per heavy atom. The highest BCUT2D eigenvalue weighted by Crippen LogP contribution is 2.13. The molecule has 0 saturated carbocycles. The van der Waals surface area contributed by atoms with Crippen molar-refractivity contribution in [1.82, 2.24) is 0 Å². The molecule has 0 aliphatic heterocycles. The fourth-order valence-electron chi connectivity index (χ4n) is 2.16. The number of rotatable bonds is 13. The molecule has 2 N–H and O–H groups in total. The number of aliphatic hydroxyl groups is 2. The van der Waals surface area contributed by atoms with E-state index in [1.54, 1.807) is 26.0 Å². The summed E-state index contributed by atoms with van der Waals surface area (Å²) in [7, 11) is 0. The van der Waals surface area contributed by atoms with Crippen LogP contribution in [-0.2, 0) is 0 Å². The van der Waals surface area contributed by atoms with E-state index in [0.717, 1.165) is 25.7 Å². The molecule has 0 aromatic carbocycles. The molecule has 0 bridgehead atoms. The second-order valence-electron chi connectivity index (χ2n) is 7.07. The van der Waals surface area contributed by atoms with Crippen molar-refractivity contribution < 1.29 is 10.2 Å². The van der Waals surface area contributed by atoms with Gasteiger partial charge in [-0.15, -0.1) is 0 Å². The average molecular weight is 359 g/mol. The molecular weight excluding hydrogens is 320 g/mol. The molecule has 0 heterocycles. The lowest BCUT2D eigenvalue weighted by molar-refractivity contribution is 0.114. The fraction of sp³-hybridized carbons (Fsp3) is 0.500. The van der Waals surface area contributed by atoms with Gasteiger partial charge in [-0.05, 0) is 46.0 Å². The van der Waals surface area contributed by atoms with Crippen LogP contribution in [0.3, 0.4) is 0 Å². The molecule has 146 valence electrons. The SMILES string of the molecule is CC/C=C\C/C=C\CC(C)(O)\C=C/C=C/C=C/C(C)(O)C/C=C\CCC. The number of unbranched alkanes of at least 4 members (excludes halogenated alkanes) is 1. The lowest BCUT2D eigenvalue weighted by atomic mass is 10.0. The van der Waals surface area contributed by atoms with Gasteiger partial charge in [0.1, 0.15) is 0 Å². The first-order valence-electron chi connectivity index (χ1n) is 9.76. The van der Waals surface area contributed by atoms with Crippen LogP contribution in [0, 0.1) is 0 Å². The normalized spacial score (nSPS) is 18.2. The minimum Gasteiger partial charge on any atom is -0.386 e. The molecule has 2 unspecified atom stereocenters. The topological polar surface area (TPSA) is 40.5 Å². The number of allylic oxidation sites excluding steroid dienone is 8. The molecular formula is C24H38O2. The van der Waals surface area contributed by atoms with E-state index < -0.39 is 11.2 Å². The summed E-state index contributed by atoms with van der Waals surface area (Å²) >= 11 is 0. The Kier molecular flexibility index (Phi) is 13.6. The van der Waals surface area contributed by atoms with Gasteiger partial charge in [0.05, 0.1) is 11.2 Å². The minimum atomic E-state index is -0.853. The highest BCUT2D eigenvalue weighted by Gasteiger charge is 2.13. The lowest BCUT2D eigenvalue weighted by Crippen LogP contribution is -2.19. The van der Waals surface area contributed by atoms with Gasteiger partial charge < -0.3 is 10.2 Å². The molecule has 0 aromatic heterocycles. The van der Waals surface area contributed by atoms with Crippen molar-refractivity contribution in [1.29, 1.82) is 0 Å². The molecule has 0 radical (unpaired) electrons. The van der Waals surface area contributed by atoms with E-state index in [9.17, 15) is 10.2 Å². The quantitative estimate of drug-likeness (QED) is 0.304. The van der Waals surface area contributed by atoms with E-state index in [1.807, 2.05) is 36.5 Å². The highest BCUT2D eigenvalue weighted by atomic mass is 16.3. The van der Waals surface area contributed by atoms with Crippen LogP contribution in [0.4, 0.5) is 0 Å². The van der Waals surface area contributed by atoms with Gasteiger partial charge in [-0.2, -0.15) is 0 Å². The third-order valence-electron chi connectivity index (χ3n) is 3.77. The van der Waals surface area contributed by atoms with Gasteiger partial charge in [0.15, 0.2) is 0 Å². The lowest BCUT2D eigenvalue weighted by Gasteiger charge is -2.16. The first-order valence-corrected chi connectivity index (χ1v) is 9.76. The molecule has 0 rings (SSSR count). The predicted molar refractivity (Wildman–Crippen MR) is 115 cm³/mol. The van der Waals surface area contributed by atoms with E-state index in [0.29, 0.717) is 12.8 Å². The molecule has 0 fully saturated rings. The van der Waals surface area contributed by atoms with Crippen LogP contribution in [0.25, 0.3) is 0 Å². The summed E-state index contributed by atoms with van der Waals surface area (Å²) in [5.74, 6) is 0. The van der Waals surface area contributed by atoms with Crippen molar-refractivity contribution in [3.63, 3.8) is 0 Å². The van der Waals surface area contributed by atoms with Gasteiger partial charge >= 0.3 is 0 Å². The first-order chi connectivity index (χ1) is 12.3. The van der Waals surface area contributed by atoms with Gasteiger partial charge in [0.2, 0.25) is 0 Å². The van der Waals surface area contributed by atoms with Crippen LogP contribution >= 0.6 is 0 Å². The molecule has 26 heavy (non-hydrogen) atoms. The van der Waals surface area contributed by atoms with E-state index >= 15 is 0 Å². The van der Waals surface area contributed by atoms with Crippen molar-refractivity contribution in [3.05, 3.63) is 72.9 Å². The van der Waals surface area contributed by atoms with Crippen molar-refractivity contribution in [2.24, 2.45) is 0 Å². The maximum Gasteiger partial charge on any atom is 0.0836 e. The van der Waals surface area contributed by atoms with Gasteiger partial charge in [-0.1, -0.05) is 93.2 Å². The Hall–Kier alpha value is -1.64. The van der Waals surface area contributed by atoms with Crippen LogP contribution in [0.15, 0.2) is 72.9 Å². The van der Waals surface area contributed by atoms with E-state index in [4.69, 9.17) is 0 Å². The monoisotopic (exact) mass is 358 g/mol. The largest absolute Gasteiger partial charge is 0.386 e. The van der Waals surface area contributed by atoms with E-state index in [-0.39, 0.29) is 0 Å². The second-order valence-corrected chi connectivity index (χ2v) is 7.07. The molecule has 2 nitrogen and oxygen atoms in total. The van der Waals surface area contributed by atoms with Crippen LogP contribution < -0.4 is 0 Å². The first kappa shape index (κ1) is 24.4. The molecule has 0 spiro atoms. The maximum atomic E-state index is 10.3. The molecule has 0 aliphatic carbocycles. The minimum absolute atomic E-state index is 0.589. The summed E-state index contributed by atoms with van der Waals surface area (Å²) in [4.78, 5) is 0. The number of hydrogen-bond donors (Lipinski definition) is 2. The Bertz CT molecular complexity index is 514. The molecule has 0 amide bonds. The Morgan fingerprint density at radius 1 is 0.654 bits per heavy atom. The standard InChI is InChI=1S/C24H38O2/c1-5-7-9-11-12-16-20-24(4,26)22-18-14-13-17-21-23(3,25)19-15-10-8-6-2/h7,9-10,12-18,21-22,25-26H,5-6,8,11,19-20H2,1-4H3/b9-7-,14-13+,15-10-,16-12-,21-17+,22-18-. The predicted octanol–water partition coefficient (Wildman–Crippen LogP) is 6.21. The van der Waals surface area contributed by atoms with Gasteiger partial charge in [-0.25, -0.2) is 0 Å². The second kappa shape index (κ2) is 14.5. The van der Waals surface area contributed by atoms with Gasteiger partial charge in [0.25, 0.3) is 0 Å². The van der Waals surface area contributed by atoms with Crippen LogP contribution in [0.2, 0.25) is 0 Å². The van der Waals surface area contributed by atoms with Gasteiger partial charge in [0, 0.05) is 0 Å². The van der Waals surface area contributed by atoms with Crippen LogP contribution in [0.1, 0.15) is 66.2 Å². The zero-order valence-electron chi connectivity index (χ0n) is 17.1. The van der Waals surface area contributed by atoms with Crippen molar-refractivity contribution in [3.8, 4) is 0 Å². The summed E-state index contributed by atoms with van der Waals surface area (Å²) in [6, 6.07) is 0. The van der Waals surface area contributed by atoms with E-state index in [1.165, 1.54) is 0 Å². The smallest absolute Gasteiger partial charge is 0.0836 e. The Balaban J connectivity index is 4.29. The van der Waals surface area contributed by atoms with Crippen molar-refractivity contribution >= 4 is 0 Å². The Labute approximate surface area is 161 Å². The molecule has 0 aliphatic rings. The maximum absolute atomic E-state index is 10.3. The molecule has 0 saturated heterocycles. The van der Waals surface area contributed by atoms with Crippen LogP contribution in [-0.4, -0.2) is 21.4 Å². The molecule has 0 aromatic rings. The average Bonchev–Trinajstić information content (AvgIpc) is 2.58. The summed E-state index contributed by atoms with van der Waals surface area (Å²) in [6.07, 6.45) is 28.8. The molecule has 2 atom stereocenters. The Morgan fingerprint density at radius 2 is 1.15 bits per heavy atom. The summed E-state index contributed by atoms with van der Waals surface area (Å²) in [5.41, 5.74) is -1.69. The fourth-order valence-corrected chi connectivity index (χ4v) is 2.16. The van der Waals surface area contributed by atoms with Crippen LogP contribution in [0.5, 0.6) is 0 Å².